The van der Waals surface area contributed by atoms with Crippen molar-refractivity contribution in [1.82, 2.24) is 4.90 Å². The molecule has 116 valence electrons. The zero-order valence-corrected chi connectivity index (χ0v) is 13.6. The molecule has 0 aromatic heterocycles. The van der Waals surface area contributed by atoms with Crippen molar-refractivity contribution in [2.24, 2.45) is 0 Å². The highest BCUT2D eigenvalue weighted by Gasteiger charge is 2.47. The van der Waals surface area contributed by atoms with E-state index in [2.05, 4.69) is 5.32 Å². The van der Waals surface area contributed by atoms with Crippen molar-refractivity contribution >= 4 is 11.7 Å². The Bertz CT molecular complexity index is 502. The van der Waals surface area contributed by atoms with Gasteiger partial charge in [0.15, 0.2) is 0 Å². The zero-order chi connectivity index (χ0) is 15.8. The minimum Gasteiger partial charge on any atom is -0.393 e. The van der Waals surface area contributed by atoms with Gasteiger partial charge in [-0.05, 0) is 59.6 Å². The largest absolute Gasteiger partial charge is 0.393 e. The van der Waals surface area contributed by atoms with Crippen LogP contribution in [0.1, 0.15) is 46.1 Å². The van der Waals surface area contributed by atoms with Crippen LogP contribution in [0.2, 0.25) is 0 Å². The van der Waals surface area contributed by atoms with Crippen LogP contribution in [-0.2, 0) is 0 Å². The normalized spacial score (nSPS) is 21.1. The summed E-state index contributed by atoms with van der Waals surface area (Å²) in [6.45, 7) is 10.0. The summed E-state index contributed by atoms with van der Waals surface area (Å²) < 4.78 is 0. The molecule has 2 rings (SSSR count). The van der Waals surface area contributed by atoms with Crippen molar-refractivity contribution in [3.63, 3.8) is 0 Å². The molecule has 1 heterocycles. The van der Waals surface area contributed by atoms with E-state index in [0.717, 1.165) is 11.3 Å². The number of rotatable bonds is 1. The van der Waals surface area contributed by atoms with E-state index in [0.29, 0.717) is 12.8 Å². The van der Waals surface area contributed by atoms with Gasteiger partial charge in [-0.15, -0.1) is 0 Å². The second-order valence-electron chi connectivity index (χ2n) is 7.32. The van der Waals surface area contributed by atoms with E-state index in [1.54, 1.807) is 0 Å². The molecule has 0 spiro atoms. The van der Waals surface area contributed by atoms with E-state index in [1.807, 2.05) is 63.8 Å². The lowest BCUT2D eigenvalue weighted by molar-refractivity contribution is -0.0471. The fraction of sp³-hybridized carbons (Fsp3) is 0.588. The van der Waals surface area contributed by atoms with Gasteiger partial charge in [-0.25, -0.2) is 4.79 Å². The number of aliphatic hydroxyl groups excluding tert-OH is 1. The van der Waals surface area contributed by atoms with Crippen LogP contribution < -0.4 is 5.32 Å². The van der Waals surface area contributed by atoms with Gasteiger partial charge < -0.3 is 15.3 Å². The molecule has 1 aliphatic heterocycles. The van der Waals surface area contributed by atoms with Crippen LogP contribution >= 0.6 is 0 Å². The smallest absolute Gasteiger partial charge is 0.322 e. The number of hydrogen-bond donors (Lipinski definition) is 2. The van der Waals surface area contributed by atoms with Gasteiger partial charge in [0.2, 0.25) is 0 Å². The third kappa shape index (κ3) is 3.38. The van der Waals surface area contributed by atoms with Crippen molar-refractivity contribution in [2.45, 2.75) is 64.6 Å². The number of likely N-dealkylation sites (tertiary alicyclic amines) is 1. The molecule has 0 saturated carbocycles. The quantitative estimate of drug-likeness (QED) is 0.831. The lowest BCUT2D eigenvalue weighted by Crippen LogP contribution is -2.64. The Morgan fingerprint density at radius 1 is 1.14 bits per heavy atom. The van der Waals surface area contributed by atoms with Crippen molar-refractivity contribution in [3.8, 4) is 0 Å². The molecule has 1 aliphatic rings. The van der Waals surface area contributed by atoms with Gasteiger partial charge in [0.05, 0.1) is 6.10 Å². The van der Waals surface area contributed by atoms with E-state index >= 15 is 0 Å². The van der Waals surface area contributed by atoms with Crippen LogP contribution in [0.25, 0.3) is 0 Å². The average Bonchev–Trinajstić information content (AvgIpc) is 2.27. The minimum atomic E-state index is -0.379. The van der Waals surface area contributed by atoms with Crippen LogP contribution in [0.4, 0.5) is 10.5 Å². The number of anilines is 1. The van der Waals surface area contributed by atoms with Crippen LogP contribution in [0, 0.1) is 6.92 Å². The number of benzene rings is 1. The summed E-state index contributed by atoms with van der Waals surface area (Å²) >= 11 is 0. The van der Waals surface area contributed by atoms with E-state index in [4.69, 9.17) is 0 Å². The summed E-state index contributed by atoms with van der Waals surface area (Å²) in [6.07, 6.45) is 0.827. The van der Waals surface area contributed by atoms with E-state index in [-0.39, 0.29) is 23.2 Å². The number of urea groups is 1. The molecule has 0 aliphatic carbocycles. The fourth-order valence-corrected chi connectivity index (χ4v) is 3.59. The van der Waals surface area contributed by atoms with Crippen molar-refractivity contribution < 1.29 is 9.90 Å². The first-order valence-electron chi connectivity index (χ1n) is 7.48. The molecule has 1 saturated heterocycles. The fourth-order valence-electron chi connectivity index (χ4n) is 3.59. The van der Waals surface area contributed by atoms with Crippen molar-refractivity contribution in [1.29, 1.82) is 0 Å². The third-order valence-electron chi connectivity index (χ3n) is 4.19. The molecule has 0 bridgehead atoms. The highest BCUT2D eigenvalue weighted by molar-refractivity contribution is 5.90. The molecule has 0 radical (unpaired) electrons. The molecule has 1 fully saturated rings. The summed E-state index contributed by atoms with van der Waals surface area (Å²) in [5, 5.41) is 13.0. The first-order chi connectivity index (χ1) is 9.62. The molecule has 2 amide bonds. The van der Waals surface area contributed by atoms with Gasteiger partial charge >= 0.3 is 6.03 Å². The number of piperidine rings is 1. The van der Waals surface area contributed by atoms with Gasteiger partial charge in [-0.2, -0.15) is 0 Å². The Morgan fingerprint density at radius 3 is 2.10 bits per heavy atom. The number of nitrogens with one attached hydrogen (secondary N) is 1. The summed E-state index contributed by atoms with van der Waals surface area (Å²) in [5.41, 5.74) is 1.20. The van der Waals surface area contributed by atoms with Crippen molar-refractivity contribution in [3.05, 3.63) is 29.8 Å². The zero-order valence-electron chi connectivity index (χ0n) is 13.6. The Kier molecular flexibility index (Phi) is 4.02. The standard InChI is InChI=1S/C17H26N2O2/c1-12-6-8-13(9-7-12)18-15(21)19-16(2,3)10-14(20)11-17(19,4)5/h6-9,14,20H,10-11H2,1-5H3,(H,18,21). The second kappa shape index (κ2) is 5.34. The van der Waals surface area contributed by atoms with Gasteiger partial charge in [0, 0.05) is 16.8 Å². The summed E-state index contributed by atoms with van der Waals surface area (Å²) in [4.78, 5) is 14.6. The number of carbonyl (C=O) groups excluding carboxylic acids is 1. The number of nitrogens with zero attached hydrogens (tertiary/aromatic N) is 1. The third-order valence-corrected chi connectivity index (χ3v) is 4.19. The van der Waals surface area contributed by atoms with Crippen LogP contribution in [0.5, 0.6) is 0 Å². The lowest BCUT2D eigenvalue weighted by atomic mass is 9.78. The monoisotopic (exact) mass is 290 g/mol. The number of aryl methyl sites for hydroxylation is 1. The lowest BCUT2D eigenvalue weighted by Gasteiger charge is -2.54. The number of hydrogen-bond acceptors (Lipinski definition) is 2. The maximum atomic E-state index is 12.7. The first kappa shape index (κ1) is 15.8. The highest BCUT2D eigenvalue weighted by Crippen LogP contribution is 2.38. The van der Waals surface area contributed by atoms with Gasteiger partial charge in [0.25, 0.3) is 0 Å². The van der Waals surface area contributed by atoms with Crippen molar-refractivity contribution in [2.75, 3.05) is 5.32 Å². The predicted octanol–water partition coefficient (Wildman–Crippen LogP) is 3.54. The molecule has 0 atom stereocenters. The predicted molar refractivity (Wildman–Crippen MR) is 85.4 cm³/mol. The van der Waals surface area contributed by atoms with E-state index < -0.39 is 0 Å². The number of amides is 2. The van der Waals surface area contributed by atoms with E-state index in [1.165, 1.54) is 0 Å². The highest BCUT2D eigenvalue weighted by atomic mass is 16.3. The molecular weight excluding hydrogens is 264 g/mol. The maximum absolute atomic E-state index is 12.7. The topological polar surface area (TPSA) is 52.6 Å². The Balaban J connectivity index is 2.21. The molecule has 1 aromatic carbocycles. The molecule has 4 heteroatoms. The summed E-state index contributed by atoms with van der Waals surface area (Å²) in [6, 6.07) is 7.66. The molecule has 4 nitrogen and oxygen atoms in total. The minimum absolute atomic E-state index is 0.110. The molecule has 1 aromatic rings. The molecular formula is C17H26N2O2. The second-order valence-corrected chi connectivity index (χ2v) is 7.32. The Labute approximate surface area is 127 Å². The number of carbonyl (C=O) groups is 1. The Hall–Kier alpha value is -1.55. The maximum Gasteiger partial charge on any atom is 0.322 e. The van der Waals surface area contributed by atoms with Crippen LogP contribution in [0.3, 0.4) is 0 Å². The average molecular weight is 290 g/mol. The van der Waals surface area contributed by atoms with Gasteiger partial charge in [-0.3, -0.25) is 0 Å². The SMILES string of the molecule is Cc1ccc(NC(=O)N2C(C)(C)CC(O)CC2(C)C)cc1. The first-order valence-corrected chi connectivity index (χ1v) is 7.48. The summed E-state index contributed by atoms with van der Waals surface area (Å²) in [7, 11) is 0. The van der Waals surface area contributed by atoms with E-state index in [9.17, 15) is 9.90 Å². The van der Waals surface area contributed by atoms with Crippen LogP contribution in [0.15, 0.2) is 24.3 Å². The Morgan fingerprint density at radius 2 is 1.62 bits per heavy atom. The molecule has 21 heavy (non-hydrogen) atoms. The molecule has 0 unspecified atom stereocenters. The summed E-state index contributed by atoms with van der Waals surface area (Å²) in [5.74, 6) is 0. The van der Waals surface area contributed by atoms with Crippen LogP contribution in [-0.4, -0.2) is 33.2 Å². The van der Waals surface area contributed by atoms with Gasteiger partial charge in [-0.1, -0.05) is 17.7 Å². The molecule has 2 N–H and O–H groups in total. The number of aliphatic hydroxyl groups is 1. The van der Waals surface area contributed by atoms with Gasteiger partial charge in [0.1, 0.15) is 0 Å².